The van der Waals surface area contributed by atoms with E-state index >= 15 is 0 Å². The van der Waals surface area contributed by atoms with Gasteiger partial charge >= 0.3 is 10.4 Å². The molecule has 30 heavy (non-hydrogen) atoms. The smallest absolute Gasteiger partial charge is 0.379 e. The van der Waals surface area contributed by atoms with E-state index in [-0.39, 0.29) is 0 Å². The van der Waals surface area contributed by atoms with Gasteiger partial charge in [0.05, 0.1) is 31.8 Å². The molecule has 0 bridgehead atoms. The first-order valence-electron chi connectivity index (χ1n) is 10.4. The molecule has 1 aliphatic carbocycles. The van der Waals surface area contributed by atoms with Crippen LogP contribution in [0.15, 0.2) is 34.3 Å². The lowest BCUT2D eigenvalue weighted by Gasteiger charge is -2.25. The van der Waals surface area contributed by atoms with Crippen molar-refractivity contribution >= 4 is 16.4 Å². The normalized spacial score (nSPS) is 17.5. The van der Waals surface area contributed by atoms with Crippen LogP contribution < -0.4 is 0 Å². The Morgan fingerprint density at radius 2 is 1.53 bits per heavy atom. The fraction of sp³-hybridized carbons (Fsp3) is 0.667. The molecule has 1 heterocycles. The third kappa shape index (κ3) is 16.2. The Bertz CT molecular complexity index is 705. The quantitative estimate of drug-likeness (QED) is 0.546. The molecule has 1 aromatic carbocycles. The summed E-state index contributed by atoms with van der Waals surface area (Å²) in [5, 5.41) is 0. The van der Waals surface area contributed by atoms with Crippen LogP contribution in [0.3, 0.4) is 0 Å². The van der Waals surface area contributed by atoms with Gasteiger partial charge in [0.15, 0.2) is 0 Å². The highest BCUT2D eigenvalue weighted by molar-refractivity contribution is 7.79. The van der Waals surface area contributed by atoms with Gasteiger partial charge in [0.25, 0.3) is 0 Å². The average Bonchev–Trinajstić information content (AvgIpc) is 2.71. The Kier molecular flexibility index (Phi) is 13.4. The Morgan fingerprint density at radius 1 is 1.03 bits per heavy atom. The fourth-order valence-corrected chi connectivity index (χ4v) is 3.04. The predicted octanol–water partition coefficient (Wildman–Crippen LogP) is 3.48. The molecule has 9 heteroatoms. The zero-order valence-corrected chi connectivity index (χ0v) is 18.9. The lowest BCUT2D eigenvalue weighted by molar-refractivity contribution is 0.0395. The maximum atomic E-state index is 8.74. The van der Waals surface area contributed by atoms with Crippen LogP contribution in [-0.4, -0.2) is 73.9 Å². The van der Waals surface area contributed by atoms with E-state index in [0.717, 1.165) is 39.4 Å². The molecule has 1 aliphatic heterocycles. The molecule has 8 nitrogen and oxygen atoms in total. The summed E-state index contributed by atoms with van der Waals surface area (Å²) in [5.41, 5.74) is 2.66. The van der Waals surface area contributed by atoms with Crippen molar-refractivity contribution in [1.29, 1.82) is 0 Å². The van der Waals surface area contributed by atoms with Gasteiger partial charge in [-0.25, -0.2) is 9.98 Å². The molecule has 3 rings (SSSR count). The van der Waals surface area contributed by atoms with E-state index in [1.165, 1.54) is 43.2 Å². The SMILES string of the molecule is C(=NCCN1CCOCC1)=NC1CCCCC1.Cc1ccc(C)cc1.O=S(=O)(O)O. The van der Waals surface area contributed by atoms with Gasteiger partial charge in [0.2, 0.25) is 0 Å². The van der Waals surface area contributed by atoms with Crippen LogP contribution in [0.2, 0.25) is 0 Å². The van der Waals surface area contributed by atoms with Crippen molar-refractivity contribution in [3.8, 4) is 0 Å². The summed E-state index contributed by atoms with van der Waals surface area (Å²) < 4.78 is 36.9. The number of aryl methyl sites for hydroxylation is 2. The first-order valence-corrected chi connectivity index (χ1v) is 11.8. The first-order chi connectivity index (χ1) is 14.2. The number of nitrogens with zero attached hydrogens (tertiary/aromatic N) is 3. The molecule has 0 radical (unpaired) electrons. The topological polar surface area (TPSA) is 112 Å². The molecule has 2 aliphatic rings. The van der Waals surface area contributed by atoms with Crippen molar-refractivity contribution in [3.05, 3.63) is 35.4 Å². The lowest BCUT2D eigenvalue weighted by Crippen LogP contribution is -2.37. The highest BCUT2D eigenvalue weighted by Gasteiger charge is 2.11. The predicted molar refractivity (Wildman–Crippen MR) is 119 cm³/mol. The van der Waals surface area contributed by atoms with E-state index in [4.69, 9.17) is 22.3 Å². The molecule has 2 N–H and O–H groups in total. The summed E-state index contributed by atoms with van der Waals surface area (Å²) in [4.78, 5) is 11.1. The van der Waals surface area contributed by atoms with Crippen LogP contribution in [0, 0.1) is 13.8 Å². The molecule has 1 aromatic rings. The summed E-state index contributed by atoms with van der Waals surface area (Å²) in [6.07, 6.45) is 6.48. The van der Waals surface area contributed by atoms with Crippen LogP contribution in [0.25, 0.3) is 0 Å². The van der Waals surface area contributed by atoms with Gasteiger partial charge in [0, 0.05) is 19.6 Å². The Balaban J connectivity index is 0.000000286. The molecule has 0 aromatic heterocycles. The first kappa shape index (κ1) is 26.4. The molecule has 0 amide bonds. The minimum absolute atomic E-state index is 0.496. The summed E-state index contributed by atoms with van der Waals surface area (Å²) in [6.45, 7) is 9.82. The van der Waals surface area contributed by atoms with Crippen molar-refractivity contribution in [2.24, 2.45) is 9.98 Å². The number of benzene rings is 1. The number of ether oxygens (including phenoxy) is 1. The van der Waals surface area contributed by atoms with Crippen molar-refractivity contribution in [2.75, 3.05) is 39.4 Å². The Morgan fingerprint density at radius 3 is 2.03 bits per heavy atom. The maximum absolute atomic E-state index is 8.74. The van der Waals surface area contributed by atoms with Gasteiger partial charge in [-0.05, 0) is 26.7 Å². The van der Waals surface area contributed by atoms with E-state index in [1.54, 1.807) is 0 Å². The van der Waals surface area contributed by atoms with Crippen LogP contribution in [-0.2, 0) is 15.1 Å². The summed E-state index contributed by atoms with van der Waals surface area (Å²) >= 11 is 0. The number of aliphatic imine (C=N–C) groups is 2. The molecule has 1 saturated carbocycles. The highest BCUT2D eigenvalue weighted by Crippen LogP contribution is 2.19. The summed E-state index contributed by atoms with van der Waals surface area (Å²) in [7, 11) is -4.67. The molecule has 0 spiro atoms. The third-order valence-corrected chi connectivity index (χ3v) is 4.74. The van der Waals surface area contributed by atoms with E-state index in [9.17, 15) is 0 Å². The molecule has 1 saturated heterocycles. The van der Waals surface area contributed by atoms with Crippen molar-refractivity contribution < 1.29 is 22.3 Å². The highest BCUT2D eigenvalue weighted by atomic mass is 32.3. The second-order valence-electron chi connectivity index (χ2n) is 7.46. The Hall–Kier alpha value is -1.61. The minimum atomic E-state index is -4.67. The second kappa shape index (κ2) is 15.2. The van der Waals surface area contributed by atoms with E-state index in [0.29, 0.717) is 6.04 Å². The molecule has 2 fully saturated rings. The second-order valence-corrected chi connectivity index (χ2v) is 8.35. The van der Waals surface area contributed by atoms with Crippen molar-refractivity contribution in [3.63, 3.8) is 0 Å². The van der Waals surface area contributed by atoms with Gasteiger partial charge in [-0.1, -0.05) is 54.7 Å². The van der Waals surface area contributed by atoms with Crippen LogP contribution in [0.5, 0.6) is 0 Å². The number of morpholine rings is 1. The standard InChI is InChI=1S/C13H23N3O.C8H10.H2O4S/c1-2-4-13(5-3-1)15-12-14-6-7-16-8-10-17-11-9-16;1-7-3-5-8(2)6-4-7;1-5(2,3)4/h13H,1-11H2;3-6H,1-2H3;(H2,1,2,3,4). The van der Waals surface area contributed by atoms with Crippen LogP contribution in [0.4, 0.5) is 0 Å². The maximum Gasteiger partial charge on any atom is 0.394 e. The summed E-state index contributed by atoms with van der Waals surface area (Å²) in [5.74, 6) is 0. The van der Waals surface area contributed by atoms with Gasteiger partial charge in [-0.3, -0.25) is 14.0 Å². The van der Waals surface area contributed by atoms with E-state index in [1.807, 2.05) is 0 Å². The molecule has 0 atom stereocenters. The molecular weight excluding hydrogens is 406 g/mol. The van der Waals surface area contributed by atoms with Crippen LogP contribution in [0.1, 0.15) is 43.2 Å². The van der Waals surface area contributed by atoms with Gasteiger partial charge < -0.3 is 4.74 Å². The number of rotatable bonds is 4. The monoisotopic (exact) mass is 441 g/mol. The average molecular weight is 442 g/mol. The third-order valence-electron chi connectivity index (χ3n) is 4.74. The van der Waals surface area contributed by atoms with Crippen molar-refractivity contribution in [2.45, 2.75) is 52.0 Å². The molecule has 0 unspecified atom stereocenters. The Labute approximate surface area is 180 Å². The van der Waals surface area contributed by atoms with Crippen LogP contribution >= 0.6 is 0 Å². The molecule has 170 valence electrons. The minimum Gasteiger partial charge on any atom is -0.379 e. The fourth-order valence-electron chi connectivity index (χ4n) is 3.04. The van der Waals surface area contributed by atoms with E-state index < -0.39 is 10.4 Å². The lowest BCUT2D eigenvalue weighted by atomic mass is 9.96. The van der Waals surface area contributed by atoms with Gasteiger partial charge in [-0.2, -0.15) is 8.42 Å². The van der Waals surface area contributed by atoms with Gasteiger partial charge in [0.1, 0.15) is 0 Å². The van der Waals surface area contributed by atoms with E-state index in [2.05, 4.69) is 59.0 Å². The largest absolute Gasteiger partial charge is 0.394 e. The zero-order chi connectivity index (χ0) is 22.2. The zero-order valence-electron chi connectivity index (χ0n) is 18.0. The molecular formula is C21H35N3O5S. The summed E-state index contributed by atoms with van der Waals surface area (Å²) in [6, 6.07) is 11.9. The van der Waals surface area contributed by atoms with Crippen molar-refractivity contribution in [1.82, 2.24) is 4.90 Å². The number of hydrogen-bond acceptors (Lipinski definition) is 6. The number of hydrogen-bond donors (Lipinski definition) is 2. The van der Waals surface area contributed by atoms with Gasteiger partial charge in [-0.15, -0.1) is 0 Å².